The van der Waals surface area contributed by atoms with Crippen LogP contribution in [-0.4, -0.2) is 59.9 Å². The topological polar surface area (TPSA) is 66.9 Å². The first-order valence-electron chi connectivity index (χ1n) is 10.7. The number of piperidine rings is 1. The number of nitrogens with zero attached hydrogens (tertiary/aromatic N) is 2. The highest BCUT2D eigenvalue weighted by atomic mass is 16.5. The van der Waals surface area contributed by atoms with Crippen molar-refractivity contribution in [2.75, 3.05) is 26.2 Å². The lowest BCUT2D eigenvalue weighted by atomic mass is 9.97. The zero-order valence-electron chi connectivity index (χ0n) is 18.1. The van der Waals surface area contributed by atoms with E-state index in [4.69, 9.17) is 4.74 Å². The van der Waals surface area contributed by atoms with Gasteiger partial charge in [0.05, 0.1) is 12.5 Å². The SMILES string of the molecule is CCOC(=O)C1CCN(C(=O)CCN(C(=O)c2ccc(C)cc2)C(C)CC)CC1. The molecule has 0 aliphatic carbocycles. The van der Waals surface area contributed by atoms with E-state index in [-0.39, 0.29) is 29.7 Å². The average molecular weight is 403 g/mol. The Hall–Kier alpha value is -2.37. The Morgan fingerprint density at radius 1 is 1.14 bits per heavy atom. The largest absolute Gasteiger partial charge is 0.466 e. The number of esters is 1. The number of benzene rings is 1. The molecule has 0 spiro atoms. The molecule has 1 fully saturated rings. The molecule has 1 unspecified atom stereocenters. The second-order valence-corrected chi connectivity index (χ2v) is 7.78. The van der Waals surface area contributed by atoms with Crippen molar-refractivity contribution >= 4 is 17.8 Å². The Morgan fingerprint density at radius 2 is 1.76 bits per heavy atom. The average Bonchev–Trinajstić information content (AvgIpc) is 2.74. The molecule has 0 bridgehead atoms. The number of carbonyl (C=O) groups is 3. The highest BCUT2D eigenvalue weighted by Gasteiger charge is 2.29. The fourth-order valence-corrected chi connectivity index (χ4v) is 3.60. The highest BCUT2D eigenvalue weighted by molar-refractivity contribution is 5.94. The van der Waals surface area contributed by atoms with Gasteiger partial charge in [0.2, 0.25) is 5.91 Å². The molecule has 2 amide bonds. The predicted molar refractivity (Wildman–Crippen MR) is 113 cm³/mol. The summed E-state index contributed by atoms with van der Waals surface area (Å²) in [5.74, 6) is -0.268. The van der Waals surface area contributed by atoms with Gasteiger partial charge in [-0.1, -0.05) is 24.6 Å². The smallest absolute Gasteiger partial charge is 0.309 e. The van der Waals surface area contributed by atoms with Gasteiger partial charge in [0.15, 0.2) is 0 Å². The molecule has 1 heterocycles. The molecule has 1 aliphatic heterocycles. The van der Waals surface area contributed by atoms with E-state index in [0.717, 1.165) is 12.0 Å². The second-order valence-electron chi connectivity index (χ2n) is 7.78. The summed E-state index contributed by atoms with van der Waals surface area (Å²) in [4.78, 5) is 41.1. The Balaban J connectivity index is 1.92. The van der Waals surface area contributed by atoms with Gasteiger partial charge in [-0.25, -0.2) is 0 Å². The van der Waals surface area contributed by atoms with Gasteiger partial charge < -0.3 is 14.5 Å². The minimum atomic E-state index is -0.161. The molecule has 0 saturated carbocycles. The summed E-state index contributed by atoms with van der Waals surface area (Å²) in [5.41, 5.74) is 1.76. The monoisotopic (exact) mass is 402 g/mol. The summed E-state index contributed by atoms with van der Waals surface area (Å²) in [6.45, 7) is 9.78. The molecule has 0 N–H and O–H groups in total. The van der Waals surface area contributed by atoms with Crippen LogP contribution in [0.2, 0.25) is 0 Å². The second kappa shape index (κ2) is 11.0. The quantitative estimate of drug-likeness (QED) is 0.625. The fraction of sp³-hybridized carbons (Fsp3) is 0.609. The lowest BCUT2D eigenvalue weighted by Gasteiger charge is -2.33. The van der Waals surface area contributed by atoms with E-state index < -0.39 is 0 Å². The lowest BCUT2D eigenvalue weighted by molar-refractivity contribution is -0.151. The molecule has 1 aromatic carbocycles. The number of rotatable bonds is 8. The number of likely N-dealkylation sites (tertiary alicyclic amines) is 1. The standard InChI is InChI=1S/C23H34N2O4/c1-5-18(4)25(22(27)19-9-7-17(3)8-10-19)16-13-21(26)24-14-11-20(12-15-24)23(28)29-6-2/h7-10,18,20H,5-6,11-16H2,1-4H3. The molecule has 0 radical (unpaired) electrons. The maximum Gasteiger partial charge on any atom is 0.309 e. The van der Waals surface area contributed by atoms with Gasteiger partial charge in [-0.05, 0) is 52.2 Å². The normalized spacial score (nSPS) is 15.7. The van der Waals surface area contributed by atoms with Crippen molar-refractivity contribution in [3.8, 4) is 0 Å². The van der Waals surface area contributed by atoms with E-state index in [1.165, 1.54) is 0 Å². The van der Waals surface area contributed by atoms with E-state index in [0.29, 0.717) is 51.1 Å². The Labute approximate surface area is 174 Å². The van der Waals surface area contributed by atoms with Crippen LogP contribution < -0.4 is 0 Å². The van der Waals surface area contributed by atoms with Crippen LogP contribution in [0, 0.1) is 12.8 Å². The van der Waals surface area contributed by atoms with Gasteiger partial charge in [-0.15, -0.1) is 0 Å². The molecule has 1 aromatic rings. The summed E-state index contributed by atoms with van der Waals surface area (Å²) in [6, 6.07) is 7.61. The predicted octanol–water partition coefficient (Wildman–Crippen LogP) is 3.43. The van der Waals surface area contributed by atoms with Gasteiger partial charge in [-0.3, -0.25) is 14.4 Å². The summed E-state index contributed by atoms with van der Waals surface area (Å²) in [6.07, 6.45) is 2.41. The summed E-state index contributed by atoms with van der Waals surface area (Å²) in [5, 5.41) is 0. The Bertz CT molecular complexity index is 693. The number of ether oxygens (including phenoxy) is 1. The third kappa shape index (κ3) is 6.31. The highest BCUT2D eigenvalue weighted by Crippen LogP contribution is 2.20. The van der Waals surface area contributed by atoms with Crippen LogP contribution in [0.1, 0.15) is 62.4 Å². The summed E-state index contributed by atoms with van der Waals surface area (Å²) in [7, 11) is 0. The maximum atomic E-state index is 13.0. The van der Waals surface area contributed by atoms with Crippen molar-refractivity contribution in [1.29, 1.82) is 0 Å². The van der Waals surface area contributed by atoms with Crippen molar-refractivity contribution in [2.24, 2.45) is 5.92 Å². The van der Waals surface area contributed by atoms with Crippen LogP contribution in [0.3, 0.4) is 0 Å². The van der Waals surface area contributed by atoms with E-state index in [9.17, 15) is 14.4 Å². The molecule has 1 saturated heterocycles. The first-order chi connectivity index (χ1) is 13.9. The van der Waals surface area contributed by atoms with E-state index in [1.54, 1.807) is 16.7 Å². The van der Waals surface area contributed by atoms with Crippen LogP contribution in [0.4, 0.5) is 0 Å². The van der Waals surface area contributed by atoms with Crippen LogP contribution in [0.15, 0.2) is 24.3 Å². The molecule has 2 rings (SSSR count). The molecule has 1 aliphatic rings. The van der Waals surface area contributed by atoms with Gasteiger partial charge in [-0.2, -0.15) is 0 Å². The number of carbonyl (C=O) groups excluding carboxylic acids is 3. The number of hydrogen-bond acceptors (Lipinski definition) is 4. The Kier molecular flexibility index (Phi) is 8.68. The number of hydrogen-bond donors (Lipinski definition) is 0. The molecular weight excluding hydrogens is 368 g/mol. The van der Waals surface area contributed by atoms with Crippen LogP contribution in [0.5, 0.6) is 0 Å². The van der Waals surface area contributed by atoms with E-state index in [2.05, 4.69) is 0 Å². The minimum absolute atomic E-state index is 0.0341. The third-order valence-electron chi connectivity index (χ3n) is 5.72. The first kappa shape index (κ1) is 22.9. The maximum absolute atomic E-state index is 13.0. The molecule has 29 heavy (non-hydrogen) atoms. The minimum Gasteiger partial charge on any atom is -0.466 e. The van der Waals surface area contributed by atoms with Crippen molar-refractivity contribution in [3.63, 3.8) is 0 Å². The zero-order chi connectivity index (χ0) is 21.4. The summed E-state index contributed by atoms with van der Waals surface area (Å²) < 4.78 is 5.08. The van der Waals surface area contributed by atoms with Crippen molar-refractivity contribution < 1.29 is 19.1 Å². The van der Waals surface area contributed by atoms with E-state index in [1.807, 2.05) is 45.0 Å². The number of aryl methyl sites for hydroxylation is 1. The van der Waals surface area contributed by atoms with E-state index >= 15 is 0 Å². The lowest BCUT2D eigenvalue weighted by Crippen LogP contribution is -2.44. The van der Waals surface area contributed by atoms with Crippen LogP contribution in [0.25, 0.3) is 0 Å². The van der Waals surface area contributed by atoms with Crippen molar-refractivity contribution in [1.82, 2.24) is 9.80 Å². The van der Waals surface area contributed by atoms with Gasteiger partial charge in [0, 0.05) is 37.7 Å². The molecular formula is C23H34N2O4. The molecule has 160 valence electrons. The number of amides is 2. The van der Waals surface area contributed by atoms with Crippen molar-refractivity contribution in [3.05, 3.63) is 35.4 Å². The van der Waals surface area contributed by atoms with Gasteiger partial charge in [0.25, 0.3) is 5.91 Å². The van der Waals surface area contributed by atoms with Crippen molar-refractivity contribution in [2.45, 2.75) is 59.4 Å². The van der Waals surface area contributed by atoms with Crippen LogP contribution >= 0.6 is 0 Å². The third-order valence-corrected chi connectivity index (χ3v) is 5.72. The fourth-order valence-electron chi connectivity index (χ4n) is 3.60. The molecule has 6 heteroatoms. The van der Waals surface area contributed by atoms with Gasteiger partial charge in [0.1, 0.15) is 0 Å². The zero-order valence-corrected chi connectivity index (χ0v) is 18.1. The molecule has 1 atom stereocenters. The van der Waals surface area contributed by atoms with Gasteiger partial charge >= 0.3 is 5.97 Å². The first-order valence-corrected chi connectivity index (χ1v) is 10.7. The Morgan fingerprint density at radius 3 is 2.31 bits per heavy atom. The molecule has 6 nitrogen and oxygen atoms in total. The van der Waals surface area contributed by atoms with Crippen LogP contribution in [-0.2, 0) is 14.3 Å². The summed E-state index contributed by atoms with van der Waals surface area (Å²) >= 11 is 0. The molecule has 0 aromatic heterocycles.